The van der Waals surface area contributed by atoms with Crippen molar-refractivity contribution in [3.05, 3.63) is 205 Å². The molecule has 0 heterocycles. The molecule has 0 amide bonds. The third-order valence-corrected chi connectivity index (χ3v) is 13.7. The zero-order chi connectivity index (χ0) is 38.3. The molecule has 0 spiro atoms. The predicted octanol–water partition coefficient (Wildman–Crippen LogP) is 16.4. The summed E-state index contributed by atoms with van der Waals surface area (Å²) in [5.74, 6) is 0. The molecule has 0 fully saturated rings. The topological polar surface area (TPSA) is 0 Å². The van der Waals surface area contributed by atoms with Gasteiger partial charge in [-0.25, -0.2) is 0 Å². The first-order chi connectivity index (χ1) is 29.2. The van der Waals surface area contributed by atoms with Crippen LogP contribution in [0.5, 0.6) is 0 Å². The average Bonchev–Trinajstić information content (AvgIpc) is 3.66. The van der Waals surface area contributed by atoms with E-state index in [9.17, 15) is 0 Å². The summed E-state index contributed by atoms with van der Waals surface area (Å²) < 4.78 is 0. The molecular weight excluding hydrogens is 709 g/mol. The summed E-state index contributed by atoms with van der Waals surface area (Å²) in [5.41, 5.74) is 13.3. The second-order valence-corrected chi connectivity index (χ2v) is 16.7. The number of benzene rings is 13. The van der Waals surface area contributed by atoms with E-state index in [4.69, 9.17) is 0 Å². The Hall–Kier alpha value is -7.54. The summed E-state index contributed by atoms with van der Waals surface area (Å²) in [6.07, 6.45) is 0.925. The highest BCUT2D eigenvalue weighted by Crippen LogP contribution is 2.49. The summed E-state index contributed by atoms with van der Waals surface area (Å²) in [5, 5.41) is 21.1. The van der Waals surface area contributed by atoms with Crippen LogP contribution in [-0.4, -0.2) is 0 Å². The number of fused-ring (bicyclic) bond motifs is 5. The van der Waals surface area contributed by atoms with Crippen molar-refractivity contribution >= 4 is 86.2 Å². The molecule has 0 aromatic heterocycles. The minimum absolute atomic E-state index is 0.925. The summed E-state index contributed by atoms with van der Waals surface area (Å²) in [4.78, 5) is 0. The summed E-state index contributed by atoms with van der Waals surface area (Å²) in [7, 11) is 0. The van der Waals surface area contributed by atoms with Crippen LogP contribution in [0.1, 0.15) is 11.1 Å². The number of hydrogen-bond acceptors (Lipinski definition) is 0. The van der Waals surface area contributed by atoms with Crippen molar-refractivity contribution in [3.63, 3.8) is 0 Å². The maximum absolute atomic E-state index is 2.48. The fourth-order valence-electron chi connectivity index (χ4n) is 11.2. The first-order valence-electron chi connectivity index (χ1n) is 20.8. The van der Waals surface area contributed by atoms with Crippen molar-refractivity contribution in [2.24, 2.45) is 0 Å². The molecule has 0 saturated heterocycles. The zero-order valence-corrected chi connectivity index (χ0v) is 32.2. The summed E-state index contributed by atoms with van der Waals surface area (Å²) in [6, 6.07) is 73.6. The molecule has 13 aromatic carbocycles. The van der Waals surface area contributed by atoms with Crippen LogP contribution in [0.25, 0.3) is 131 Å². The van der Waals surface area contributed by atoms with Gasteiger partial charge in [-0.2, -0.15) is 0 Å². The molecule has 0 unspecified atom stereocenters. The smallest absolute Gasteiger partial charge is 0.00130 e. The Kier molecular flexibility index (Phi) is 6.16. The molecule has 0 saturated carbocycles. The lowest BCUT2D eigenvalue weighted by atomic mass is 9.83. The Morgan fingerprint density at radius 2 is 0.627 bits per heavy atom. The van der Waals surface area contributed by atoms with Gasteiger partial charge >= 0.3 is 0 Å². The third-order valence-electron chi connectivity index (χ3n) is 13.7. The molecule has 0 N–H and O–H groups in total. The van der Waals surface area contributed by atoms with E-state index >= 15 is 0 Å². The van der Waals surface area contributed by atoms with Crippen LogP contribution in [0, 0.1) is 0 Å². The van der Waals surface area contributed by atoms with Gasteiger partial charge in [0, 0.05) is 0 Å². The minimum Gasteiger partial charge on any atom is -0.0616 e. The van der Waals surface area contributed by atoms with Crippen molar-refractivity contribution in [1.29, 1.82) is 0 Å². The Morgan fingerprint density at radius 3 is 1.17 bits per heavy atom. The quantitative estimate of drug-likeness (QED) is 0.125. The second-order valence-electron chi connectivity index (χ2n) is 16.7. The lowest BCUT2D eigenvalue weighted by molar-refractivity contribution is 1.26. The van der Waals surface area contributed by atoms with Crippen molar-refractivity contribution in [1.82, 2.24) is 0 Å². The fraction of sp³-hybridized carbons (Fsp3) is 0.0169. The van der Waals surface area contributed by atoms with Gasteiger partial charge in [-0.05, 0) is 148 Å². The molecule has 0 bridgehead atoms. The average molecular weight is 743 g/mol. The Morgan fingerprint density at radius 1 is 0.237 bits per heavy atom. The van der Waals surface area contributed by atoms with E-state index in [2.05, 4.69) is 194 Å². The third kappa shape index (κ3) is 4.28. The fourth-order valence-corrected chi connectivity index (χ4v) is 11.2. The van der Waals surface area contributed by atoms with Gasteiger partial charge in [-0.15, -0.1) is 0 Å². The standard InChI is InChI=1S/C59H34/c1-3-13-49-47(11-1)56(48-12-2-4-14-50(48)59(49)53-30-22-39-18-16-35-8-6-10-37-21-29-52(53)58(39)55(35)37)41-24-27-46-43(32-41)33-42-31-40(23-26-45(42)46)44-25-19-38-17-15-34-7-5-9-36-20-28-51(44)57(38)54(34)36/h1-32H,33H2. The van der Waals surface area contributed by atoms with E-state index in [1.807, 2.05) is 0 Å². The van der Waals surface area contributed by atoms with Gasteiger partial charge in [0.2, 0.25) is 0 Å². The van der Waals surface area contributed by atoms with Crippen molar-refractivity contribution in [2.75, 3.05) is 0 Å². The normalized spacial score (nSPS) is 12.7. The van der Waals surface area contributed by atoms with Gasteiger partial charge in [0.1, 0.15) is 0 Å². The van der Waals surface area contributed by atoms with E-state index in [1.54, 1.807) is 0 Å². The lowest BCUT2D eigenvalue weighted by Gasteiger charge is -2.20. The van der Waals surface area contributed by atoms with Gasteiger partial charge in [0.25, 0.3) is 0 Å². The molecule has 0 aliphatic heterocycles. The number of rotatable bonds is 3. The molecular formula is C59H34. The molecule has 0 radical (unpaired) electrons. The van der Waals surface area contributed by atoms with Crippen LogP contribution in [0.2, 0.25) is 0 Å². The molecule has 0 atom stereocenters. The van der Waals surface area contributed by atoms with Crippen molar-refractivity contribution in [2.45, 2.75) is 6.42 Å². The molecule has 14 rings (SSSR count). The monoisotopic (exact) mass is 742 g/mol. The lowest BCUT2D eigenvalue weighted by Crippen LogP contribution is -1.93. The molecule has 59 heavy (non-hydrogen) atoms. The van der Waals surface area contributed by atoms with E-state index in [-0.39, 0.29) is 0 Å². The van der Waals surface area contributed by atoms with Crippen LogP contribution in [0.3, 0.4) is 0 Å². The van der Waals surface area contributed by atoms with Gasteiger partial charge in [0.15, 0.2) is 0 Å². The molecule has 0 nitrogen and oxygen atoms in total. The minimum atomic E-state index is 0.925. The van der Waals surface area contributed by atoms with Crippen LogP contribution >= 0.6 is 0 Å². The van der Waals surface area contributed by atoms with Gasteiger partial charge in [0.05, 0.1) is 0 Å². The molecule has 1 aliphatic rings. The highest BCUT2D eigenvalue weighted by atomic mass is 14.3. The van der Waals surface area contributed by atoms with Crippen LogP contribution in [-0.2, 0) is 6.42 Å². The Bertz CT molecular complexity index is 3830. The molecule has 13 aromatic rings. The summed E-state index contributed by atoms with van der Waals surface area (Å²) >= 11 is 0. The molecule has 1 aliphatic carbocycles. The SMILES string of the molecule is c1cc2ccc3ccc(-c4ccc5c(c4)Cc4cc(-c6c7ccccc7c(-c7ccc8ccc9cccc%10ccc7c8c9%10)c7ccccc67)ccc4-5)c4ccc(c1)c2c34. The van der Waals surface area contributed by atoms with Gasteiger partial charge < -0.3 is 0 Å². The second kappa shape index (κ2) is 11.5. The zero-order valence-electron chi connectivity index (χ0n) is 32.2. The Balaban J connectivity index is 0.923. The van der Waals surface area contributed by atoms with E-state index < -0.39 is 0 Å². The first-order valence-corrected chi connectivity index (χ1v) is 20.8. The summed E-state index contributed by atoms with van der Waals surface area (Å²) in [6.45, 7) is 0. The van der Waals surface area contributed by atoms with Gasteiger partial charge in [-0.3, -0.25) is 0 Å². The first kappa shape index (κ1) is 31.5. The highest BCUT2D eigenvalue weighted by Gasteiger charge is 2.24. The maximum atomic E-state index is 2.48. The van der Waals surface area contributed by atoms with E-state index in [1.165, 1.54) is 142 Å². The van der Waals surface area contributed by atoms with Crippen molar-refractivity contribution < 1.29 is 0 Å². The molecule has 0 heteroatoms. The van der Waals surface area contributed by atoms with E-state index in [0.29, 0.717) is 0 Å². The van der Waals surface area contributed by atoms with Crippen LogP contribution in [0.15, 0.2) is 194 Å². The maximum Gasteiger partial charge on any atom is -0.00130 e. The van der Waals surface area contributed by atoms with Crippen LogP contribution in [0.4, 0.5) is 0 Å². The Labute approximate surface area is 340 Å². The largest absolute Gasteiger partial charge is 0.0616 e. The van der Waals surface area contributed by atoms with Gasteiger partial charge in [-0.1, -0.05) is 194 Å². The van der Waals surface area contributed by atoms with Crippen LogP contribution < -0.4 is 0 Å². The van der Waals surface area contributed by atoms with E-state index in [0.717, 1.165) is 6.42 Å². The predicted molar refractivity (Wildman–Crippen MR) is 253 cm³/mol. The number of hydrogen-bond donors (Lipinski definition) is 0. The molecule has 270 valence electrons. The highest BCUT2D eigenvalue weighted by molar-refractivity contribution is 6.30. The van der Waals surface area contributed by atoms with Crippen molar-refractivity contribution in [3.8, 4) is 44.5 Å².